The van der Waals surface area contributed by atoms with E-state index in [2.05, 4.69) is 21.2 Å². The lowest BCUT2D eigenvalue weighted by atomic mass is 10.2. The summed E-state index contributed by atoms with van der Waals surface area (Å²) >= 11 is 3.21. The largest absolute Gasteiger partial charge is 0.467 e. The van der Waals surface area contributed by atoms with Gasteiger partial charge in [0.2, 0.25) is 0 Å². The van der Waals surface area contributed by atoms with Gasteiger partial charge in [-0.3, -0.25) is 4.79 Å². The highest BCUT2D eigenvalue weighted by atomic mass is 79.9. The number of hydrogen-bond donors (Lipinski definition) is 1. The second-order valence-electron chi connectivity index (χ2n) is 4.91. The zero-order chi connectivity index (χ0) is 17.5. The molecule has 0 aliphatic rings. The Labute approximate surface area is 146 Å². The van der Waals surface area contributed by atoms with Gasteiger partial charge >= 0.3 is 5.97 Å². The van der Waals surface area contributed by atoms with Gasteiger partial charge in [-0.05, 0) is 43.3 Å². The predicted molar refractivity (Wildman–Crippen MR) is 89.4 cm³/mol. The maximum absolute atomic E-state index is 13.5. The van der Waals surface area contributed by atoms with Crippen LogP contribution in [0.1, 0.15) is 24.3 Å². The number of benzene rings is 1. The van der Waals surface area contributed by atoms with E-state index in [1.165, 1.54) is 24.5 Å². The third kappa shape index (κ3) is 5.34. The number of nitrogens with one attached hydrogen (secondary N) is 1. The molecule has 0 bridgehead atoms. The Morgan fingerprint density at radius 2 is 2.21 bits per heavy atom. The molecule has 1 aromatic carbocycles. The molecule has 0 fully saturated rings. The average molecular weight is 396 g/mol. The van der Waals surface area contributed by atoms with E-state index < -0.39 is 24.3 Å². The fourth-order valence-electron chi connectivity index (χ4n) is 1.88. The lowest BCUT2D eigenvalue weighted by molar-refractivity contribution is -0.144. The van der Waals surface area contributed by atoms with E-state index in [4.69, 9.17) is 9.15 Å². The fraction of sp³-hybridized carbons (Fsp3) is 0.176. The van der Waals surface area contributed by atoms with Crippen LogP contribution >= 0.6 is 15.9 Å². The van der Waals surface area contributed by atoms with E-state index in [1.54, 1.807) is 25.1 Å². The second kappa shape index (κ2) is 8.44. The van der Waals surface area contributed by atoms with E-state index in [0.29, 0.717) is 10.2 Å². The maximum Gasteiger partial charge on any atom is 0.331 e. The number of ether oxygens (including phenoxy) is 1. The molecule has 0 saturated heterocycles. The quantitative estimate of drug-likeness (QED) is 0.598. The van der Waals surface area contributed by atoms with Gasteiger partial charge in [0.1, 0.15) is 11.6 Å². The maximum atomic E-state index is 13.5. The number of furan rings is 1. The van der Waals surface area contributed by atoms with E-state index in [0.717, 1.165) is 6.08 Å². The van der Waals surface area contributed by atoms with Gasteiger partial charge in [0.05, 0.1) is 12.3 Å². The van der Waals surface area contributed by atoms with Crippen molar-refractivity contribution in [1.29, 1.82) is 0 Å². The van der Waals surface area contributed by atoms with Crippen LogP contribution in [-0.4, -0.2) is 18.5 Å². The van der Waals surface area contributed by atoms with E-state index in [9.17, 15) is 14.0 Å². The molecule has 0 spiro atoms. The Hall–Kier alpha value is -2.41. The fourth-order valence-corrected chi connectivity index (χ4v) is 2.26. The Balaban J connectivity index is 1.81. The van der Waals surface area contributed by atoms with Crippen molar-refractivity contribution in [1.82, 2.24) is 5.32 Å². The van der Waals surface area contributed by atoms with Gasteiger partial charge in [-0.15, -0.1) is 0 Å². The summed E-state index contributed by atoms with van der Waals surface area (Å²) in [5, 5.41) is 2.63. The van der Waals surface area contributed by atoms with E-state index in [1.807, 2.05) is 0 Å². The van der Waals surface area contributed by atoms with Crippen LogP contribution in [0, 0.1) is 5.82 Å². The van der Waals surface area contributed by atoms with Crippen LogP contribution in [0.2, 0.25) is 0 Å². The molecule has 2 rings (SSSR count). The van der Waals surface area contributed by atoms with Gasteiger partial charge in [0.15, 0.2) is 6.61 Å². The topological polar surface area (TPSA) is 68.5 Å². The molecular formula is C17H15BrFNO4. The second-order valence-corrected chi connectivity index (χ2v) is 5.83. The van der Waals surface area contributed by atoms with Gasteiger partial charge in [-0.2, -0.15) is 0 Å². The zero-order valence-electron chi connectivity index (χ0n) is 12.8. The standard InChI is InChI=1S/C17H15BrFNO4/c1-11(15-3-2-8-23-15)20-16(21)10-24-17(22)7-4-12-9-13(18)5-6-14(12)19/h2-9,11H,10H2,1H3,(H,20,21)/b7-4+/t11-/m0/s1. The molecule has 7 heteroatoms. The van der Waals surface area contributed by atoms with E-state index >= 15 is 0 Å². The molecule has 126 valence electrons. The molecule has 1 atom stereocenters. The molecule has 1 aromatic heterocycles. The monoisotopic (exact) mass is 395 g/mol. The lowest BCUT2D eigenvalue weighted by Crippen LogP contribution is -2.30. The van der Waals surface area contributed by atoms with Gasteiger partial charge in [-0.1, -0.05) is 15.9 Å². The Bertz CT molecular complexity index is 743. The molecule has 1 amide bonds. The minimum atomic E-state index is -0.741. The molecule has 0 aliphatic carbocycles. The van der Waals surface area contributed by atoms with Crippen molar-refractivity contribution in [3.05, 3.63) is 64.3 Å². The average Bonchev–Trinajstić information content (AvgIpc) is 3.08. The minimum absolute atomic E-state index is 0.234. The minimum Gasteiger partial charge on any atom is -0.467 e. The highest BCUT2D eigenvalue weighted by molar-refractivity contribution is 9.10. The first-order valence-electron chi connectivity index (χ1n) is 7.08. The smallest absolute Gasteiger partial charge is 0.331 e. The third-order valence-electron chi connectivity index (χ3n) is 3.05. The summed E-state index contributed by atoms with van der Waals surface area (Å²) in [4.78, 5) is 23.3. The van der Waals surface area contributed by atoms with Crippen LogP contribution in [0.25, 0.3) is 6.08 Å². The van der Waals surface area contributed by atoms with Crippen LogP contribution in [0.5, 0.6) is 0 Å². The normalized spacial score (nSPS) is 12.1. The first kappa shape index (κ1) is 17.9. The highest BCUT2D eigenvalue weighted by Crippen LogP contribution is 2.16. The number of carbonyl (C=O) groups excluding carboxylic acids is 2. The summed E-state index contributed by atoms with van der Waals surface area (Å²) in [5.41, 5.74) is 0.234. The number of carbonyl (C=O) groups is 2. The SMILES string of the molecule is C[C@H](NC(=O)COC(=O)/C=C/c1cc(Br)ccc1F)c1ccco1. The molecule has 1 N–H and O–H groups in total. The molecule has 1 heterocycles. The predicted octanol–water partition coefficient (Wildman–Crippen LogP) is 3.62. The number of hydrogen-bond acceptors (Lipinski definition) is 4. The summed E-state index contributed by atoms with van der Waals surface area (Å²) in [6.07, 6.45) is 3.85. The number of esters is 1. The van der Waals surface area contributed by atoms with Gasteiger partial charge < -0.3 is 14.5 Å². The number of amides is 1. The van der Waals surface area contributed by atoms with Crippen molar-refractivity contribution in [3.8, 4) is 0 Å². The van der Waals surface area contributed by atoms with Crippen LogP contribution in [0.3, 0.4) is 0 Å². The summed E-state index contributed by atoms with van der Waals surface area (Å²) < 4.78 is 24.2. The zero-order valence-corrected chi connectivity index (χ0v) is 14.4. The summed E-state index contributed by atoms with van der Waals surface area (Å²) in [6, 6.07) is 7.46. The molecule has 5 nitrogen and oxygen atoms in total. The van der Waals surface area contributed by atoms with Gasteiger partial charge in [-0.25, -0.2) is 9.18 Å². The van der Waals surface area contributed by atoms with Crippen molar-refractivity contribution in [2.45, 2.75) is 13.0 Å². The van der Waals surface area contributed by atoms with Crippen LogP contribution in [-0.2, 0) is 14.3 Å². The molecule has 24 heavy (non-hydrogen) atoms. The Morgan fingerprint density at radius 3 is 2.92 bits per heavy atom. The molecule has 0 unspecified atom stereocenters. The molecule has 0 radical (unpaired) electrons. The number of halogens is 2. The molecule has 2 aromatic rings. The van der Waals surface area contributed by atoms with Crippen molar-refractivity contribution < 1.29 is 23.1 Å². The highest BCUT2D eigenvalue weighted by Gasteiger charge is 2.12. The van der Waals surface area contributed by atoms with Crippen molar-refractivity contribution in [2.24, 2.45) is 0 Å². The summed E-state index contributed by atoms with van der Waals surface area (Å²) in [7, 11) is 0. The first-order chi connectivity index (χ1) is 11.5. The molecule has 0 saturated carbocycles. The third-order valence-corrected chi connectivity index (χ3v) is 3.54. The van der Waals surface area contributed by atoms with Crippen molar-refractivity contribution in [3.63, 3.8) is 0 Å². The number of rotatable bonds is 6. The van der Waals surface area contributed by atoms with Gasteiger partial charge in [0, 0.05) is 16.1 Å². The van der Waals surface area contributed by atoms with Gasteiger partial charge in [0.25, 0.3) is 5.91 Å². The Morgan fingerprint density at radius 1 is 1.42 bits per heavy atom. The molecule has 0 aliphatic heterocycles. The van der Waals surface area contributed by atoms with Crippen LogP contribution in [0.15, 0.2) is 51.6 Å². The van der Waals surface area contributed by atoms with Crippen LogP contribution < -0.4 is 5.32 Å². The van der Waals surface area contributed by atoms with Crippen molar-refractivity contribution >= 4 is 33.9 Å². The van der Waals surface area contributed by atoms with Crippen LogP contribution in [0.4, 0.5) is 4.39 Å². The first-order valence-corrected chi connectivity index (χ1v) is 7.87. The molecular weight excluding hydrogens is 381 g/mol. The Kier molecular flexibility index (Phi) is 6.31. The lowest BCUT2D eigenvalue weighted by Gasteiger charge is -2.11. The van der Waals surface area contributed by atoms with Crippen molar-refractivity contribution in [2.75, 3.05) is 6.61 Å². The summed E-state index contributed by atoms with van der Waals surface area (Å²) in [5.74, 6) is -1.07. The van der Waals surface area contributed by atoms with E-state index in [-0.39, 0.29) is 11.6 Å². The summed E-state index contributed by atoms with van der Waals surface area (Å²) in [6.45, 7) is 1.31.